The summed E-state index contributed by atoms with van der Waals surface area (Å²) in [5.74, 6) is -0.819. The topological polar surface area (TPSA) is 83.7 Å². The van der Waals surface area contributed by atoms with Crippen molar-refractivity contribution in [3.63, 3.8) is 0 Å². The van der Waals surface area contributed by atoms with Crippen LogP contribution in [0.3, 0.4) is 0 Å². The number of nitrogens with one attached hydrogen (secondary N) is 2. The molecule has 30 heavy (non-hydrogen) atoms. The molecular formula is C23H16BrN3O3. The largest absolute Gasteiger partial charge is 0.436 e. The summed E-state index contributed by atoms with van der Waals surface area (Å²) in [6.45, 7) is 0. The summed E-state index contributed by atoms with van der Waals surface area (Å²) in [6.07, 6.45) is 0. The van der Waals surface area contributed by atoms with Crippen molar-refractivity contribution in [2.24, 2.45) is 5.10 Å². The highest BCUT2D eigenvalue weighted by Crippen LogP contribution is 2.15. The Bertz CT molecular complexity index is 1300. The number of fused-ring (bicyclic) bond motifs is 1. The van der Waals surface area contributed by atoms with Gasteiger partial charge in [-0.2, -0.15) is 0 Å². The molecule has 0 spiro atoms. The molecule has 1 heterocycles. The molecule has 0 saturated carbocycles. The molecular weight excluding hydrogens is 446 g/mol. The Kier molecular flexibility index (Phi) is 5.72. The average Bonchev–Trinajstić information content (AvgIpc) is 2.77. The number of carbonyl (C=O) groups is 2. The molecule has 1 aromatic heterocycles. The zero-order valence-electron chi connectivity index (χ0n) is 15.6. The maximum Gasteiger partial charge on any atom is 0.271 e. The summed E-state index contributed by atoms with van der Waals surface area (Å²) in [5.41, 5.74) is 4.27. The molecule has 0 unspecified atom stereocenters. The first-order valence-electron chi connectivity index (χ1n) is 9.09. The second-order valence-corrected chi connectivity index (χ2v) is 7.30. The van der Waals surface area contributed by atoms with Crippen LogP contribution in [0, 0.1) is 0 Å². The third-order valence-electron chi connectivity index (χ3n) is 4.28. The number of nitrogens with zero attached hydrogens (tertiary/aromatic N) is 1. The molecule has 0 aliphatic rings. The van der Waals surface area contributed by atoms with Gasteiger partial charge < -0.3 is 9.73 Å². The molecule has 0 atom stereocenters. The third kappa shape index (κ3) is 4.47. The SMILES string of the molecule is O=C(N/N=c1\oc2ccccc2cc1C(=O)Nc1ccccc1)c1cccc(Br)c1. The number of hydrogen-bond acceptors (Lipinski definition) is 4. The van der Waals surface area contributed by atoms with E-state index in [0.29, 0.717) is 16.8 Å². The summed E-state index contributed by atoms with van der Waals surface area (Å²) in [7, 11) is 0. The Morgan fingerprint density at radius 1 is 0.833 bits per heavy atom. The van der Waals surface area contributed by atoms with E-state index in [2.05, 4.69) is 31.8 Å². The number of carbonyl (C=O) groups excluding carboxylic acids is 2. The van der Waals surface area contributed by atoms with E-state index < -0.39 is 11.8 Å². The highest BCUT2D eigenvalue weighted by Gasteiger charge is 2.14. The first-order valence-corrected chi connectivity index (χ1v) is 9.88. The average molecular weight is 462 g/mol. The van der Waals surface area contributed by atoms with Crippen LogP contribution < -0.4 is 16.3 Å². The Labute approximate surface area is 180 Å². The summed E-state index contributed by atoms with van der Waals surface area (Å²) in [6, 6.07) is 24.9. The van der Waals surface area contributed by atoms with Crippen LogP contribution in [0.1, 0.15) is 20.7 Å². The van der Waals surface area contributed by atoms with E-state index in [1.807, 2.05) is 42.5 Å². The quantitative estimate of drug-likeness (QED) is 0.432. The minimum Gasteiger partial charge on any atom is -0.436 e. The molecule has 2 N–H and O–H groups in total. The van der Waals surface area contributed by atoms with Gasteiger partial charge in [-0.25, -0.2) is 5.43 Å². The maximum atomic E-state index is 12.9. The minimum atomic E-state index is -0.422. The van der Waals surface area contributed by atoms with Gasteiger partial charge in [0.05, 0.1) is 0 Å². The number of benzene rings is 3. The van der Waals surface area contributed by atoms with Gasteiger partial charge >= 0.3 is 0 Å². The molecule has 0 radical (unpaired) electrons. The van der Waals surface area contributed by atoms with Gasteiger partial charge in [0, 0.05) is 21.1 Å². The Morgan fingerprint density at radius 3 is 2.40 bits per heavy atom. The normalized spacial score (nSPS) is 11.3. The molecule has 3 aromatic carbocycles. The van der Waals surface area contributed by atoms with Crippen molar-refractivity contribution >= 4 is 44.4 Å². The molecule has 0 bridgehead atoms. The van der Waals surface area contributed by atoms with E-state index in [1.54, 1.807) is 42.5 Å². The minimum absolute atomic E-state index is 0.00507. The lowest BCUT2D eigenvalue weighted by Crippen LogP contribution is -2.26. The number of hydrogen-bond donors (Lipinski definition) is 2. The van der Waals surface area contributed by atoms with Gasteiger partial charge in [-0.15, -0.1) is 5.10 Å². The van der Waals surface area contributed by atoms with Crippen LogP contribution >= 0.6 is 15.9 Å². The monoisotopic (exact) mass is 461 g/mol. The Balaban J connectivity index is 1.71. The van der Waals surface area contributed by atoms with Crippen molar-refractivity contribution in [3.8, 4) is 0 Å². The number of anilines is 1. The lowest BCUT2D eigenvalue weighted by Gasteiger charge is -2.07. The van der Waals surface area contributed by atoms with E-state index in [1.165, 1.54) is 0 Å². The first kappa shape index (κ1) is 19.6. The van der Waals surface area contributed by atoms with Gasteiger partial charge in [-0.1, -0.05) is 58.4 Å². The van der Waals surface area contributed by atoms with Gasteiger partial charge in [0.15, 0.2) is 0 Å². The summed E-state index contributed by atoms with van der Waals surface area (Å²) in [4.78, 5) is 25.3. The zero-order valence-corrected chi connectivity index (χ0v) is 17.2. The summed E-state index contributed by atoms with van der Waals surface area (Å²) in [5, 5.41) is 7.64. The van der Waals surface area contributed by atoms with Crippen LogP contribution in [0.4, 0.5) is 5.69 Å². The fraction of sp³-hybridized carbons (Fsp3) is 0. The number of halogens is 1. The van der Waals surface area contributed by atoms with E-state index in [9.17, 15) is 9.59 Å². The fourth-order valence-corrected chi connectivity index (χ4v) is 3.23. The number of rotatable bonds is 4. The van der Waals surface area contributed by atoms with Crippen LogP contribution in [0.15, 0.2) is 98.9 Å². The highest BCUT2D eigenvalue weighted by atomic mass is 79.9. The summed E-state index contributed by atoms with van der Waals surface area (Å²) >= 11 is 3.33. The highest BCUT2D eigenvalue weighted by molar-refractivity contribution is 9.10. The molecule has 0 aliphatic carbocycles. The van der Waals surface area contributed by atoms with E-state index in [0.717, 1.165) is 9.86 Å². The van der Waals surface area contributed by atoms with E-state index in [4.69, 9.17) is 4.42 Å². The van der Waals surface area contributed by atoms with Gasteiger partial charge in [0.25, 0.3) is 11.8 Å². The molecule has 4 aromatic rings. The predicted octanol–water partition coefficient (Wildman–Crippen LogP) is 4.69. The van der Waals surface area contributed by atoms with Crippen molar-refractivity contribution in [1.29, 1.82) is 0 Å². The molecule has 6 nitrogen and oxygen atoms in total. The molecule has 7 heteroatoms. The second-order valence-electron chi connectivity index (χ2n) is 6.39. The van der Waals surface area contributed by atoms with Crippen LogP contribution in [0.5, 0.6) is 0 Å². The molecule has 2 amide bonds. The second kappa shape index (κ2) is 8.75. The van der Waals surface area contributed by atoms with Crippen molar-refractivity contribution in [1.82, 2.24) is 5.43 Å². The number of para-hydroxylation sites is 2. The summed E-state index contributed by atoms with van der Waals surface area (Å²) < 4.78 is 6.58. The fourth-order valence-electron chi connectivity index (χ4n) is 2.83. The molecule has 4 rings (SSSR count). The standard InChI is InChI=1S/C23H16BrN3O3/c24-17-9-6-8-16(13-17)21(28)26-27-23-19(14-15-7-4-5-12-20(15)30-23)22(29)25-18-10-2-1-3-11-18/h1-14H,(H,25,29)(H,26,28)/b27-23-. The van der Waals surface area contributed by atoms with Crippen molar-refractivity contribution < 1.29 is 14.0 Å². The molecule has 0 saturated heterocycles. The van der Waals surface area contributed by atoms with Crippen LogP contribution in [-0.4, -0.2) is 11.8 Å². The lowest BCUT2D eigenvalue weighted by molar-refractivity contribution is 0.0947. The van der Waals surface area contributed by atoms with Gasteiger partial charge in [0.2, 0.25) is 5.55 Å². The van der Waals surface area contributed by atoms with Gasteiger partial charge in [0.1, 0.15) is 11.1 Å². The van der Waals surface area contributed by atoms with Crippen molar-refractivity contribution in [3.05, 3.63) is 106 Å². The van der Waals surface area contributed by atoms with Crippen molar-refractivity contribution in [2.45, 2.75) is 0 Å². The molecule has 0 fully saturated rings. The maximum absolute atomic E-state index is 12.9. The third-order valence-corrected chi connectivity index (χ3v) is 4.77. The Hall–Kier alpha value is -3.71. The molecule has 0 aliphatic heterocycles. The lowest BCUT2D eigenvalue weighted by atomic mass is 10.1. The number of amides is 2. The first-order chi connectivity index (χ1) is 14.6. The van der Waals surface area contributed by atoms with Crippen LogP contribution in [0.2, 0.25) is 0 Å². The molecule has 148 valence electrons. The zero-order chi connectivity index (χ0) is 20.9. The predicted molar refractivity (Wildman–Crippen MR) is 118 cm³/mol. The van der Waals surface area contributed by atoms with Crippen LogP contribution in [-0.2, 0) is 0 Å². The van der Waals surface area contributed by atoms with E-state index in [-0.39, 0.29) is 11.1 Å². The van der Waals surface area contributed by atoms with Gasteiger partial charge in [-0.05, 0) is 42.5 Å². The van der Waals surface area contributed by atoms with Crippen LogP contribution in [0.25, 0.3) is 11.0 Å². The van der Waals surface area contributed by atoms with Crippen molar-refractivity contribution in [2.75, 3.05) is 5.32 Å². The van der Waals surface area contributed by atoms with Gasteiger partial charge in [-0.3, -0.25) is 9.59 Å². The smallest absolute Gasteiger partial charge is 0.271 e. The van der Waals surface area contributed by atoms with E-state index >= 15 is 0 Å². The Morgan fingerprint density at radius 2 is 1.60 bits per heavy atom.